The summed E-state index contributed by atoms with van der Waals surface area (Å²) in [6, 6.07) is 10.7. The minimum atomic E-state index is -0.206. The van der Waals surface area contributed by atoms with Crippen LogP contribution in [0.5, 0.6) is 0 Å². The fourth-order valence-electron chi connectivity index (χ4n) is 2.06. The number of halogens is 2. The molecule has 2 rings (SSSR count). The van der Waals surface area contributed by atoms with Gasteiger partial charge in [-0.2, -0.15) is 0 Å². The summed E-state index contributed by atoms with van der Waals surface area (Å²) >= 11 is 13.0. The number of carbonyl (C=O) groups is 2. The Hall–Kier alpha value is -1.69. The molecule has 7 heteroatoms. The zero-order valence-corrected chi connectivity index (χ0v) is 16.2. The molecule has 0 bridgehead atoms. The van der Waals surface area contributed by atoms with E-state index in [0.29, 0.717) is 15.7 Å². The van der Waals surface area contributed by atoms with E-state index in [0.717, 1.165) is 16.8 Å². The number of hydrogen-bond donors (Lipinski definition) is 2. The molecule has 2 N–H and O–H groups in total. The maximum Gasteiger partial charge on any atom is 0.234 e. The second-order valence-electron chi connectivity index (χ2n) is 5.54. The first kappa shape index (κ1) is 19.6. The van der Waals surface area contributed by atoms with E-state index in [1.54, 1.807) is 18.2 Å². The van der Waals surface area contributed by atoms with Crippen molar-refractivity contribution < 1.29 is 9.59 Å². The number of anilines is 2. The van der Waals surface area contributed by atoms with Gasteiger partial charge in [0.2, 0.25) is 11.8 Å². The largest absolute Gasteiger partial charge is 0.325 e. The van der Waals surface area contributed by atoms with Gasteiger partial charge in [0.25, 0.3) is 0 Å². The van der Waals surface area contributed by atoms with E-state index in [-0.39, 0.29) is 23.3 Å². The van der Waals surface area contributed by atoms with Gasteiger partial charge in [0.1, 0.15) is 0 Å². The average Bonchev–Trinajstić information content (AvgIpc) is 2.54. The van der Waals surface area contributed by atoms with Gasteiger partial charge in [-0.1, -0.05) is 35.3 Å². The van der Waals surface area contributed by atoms with Crippen LogP contribution in [0.15, 0.2) is 36.4 Å². The number of rotatable bonds is 6. The van der Waals surface area contributed by atoms with Gasteiger partial charge in [-0.3, -0.25) is 9.59 Å². The summed E-state index contributed by atoms with van der Waals surface area (Å²) in [5.41, 5.74) is 3.45. The molecule has 0 aliphatic heterocycles. The molecule has 0 fully saturated rings. The quantitative estimate of drug-likeness (QED) is 0.728. The predicted octanol–water partition coefficient (Wildman–Crippen LogP) is 4.92. The number of hydrogen-bond acceptors (Lipinski definition) is 3. The molecule has 0 aliphatic carbocycles. The number of benzene rings is 2. The van der Waals surface area contributed by atoms with Crippen molar-refractivity contribution in [3.8, 4) is 0 Å². The number of aryl methyl sites for hydroxylation is 2. The Kier molecular flexibility index (Phi) is 7.17. The van der Waals surface area contributed by atoms with Crippen LogP contribution in [-0.2, 0) is 9.59 Å². The van der Waals surface area contributed by atoms with Crippen LogP contribution in [-0.4, -0.2) is 23.3 Å². The van der Waals surface area contributed by atoms with Crippen molar-refractivity contribution in [1.82, 2.24) is 0 Å². The van der Waals surface area contributed by atoms with Gasteiger partial charge >= 0.3 is 0 Å². The van der Waals surface area contributed by atoms with Gasteiger partial charge < -0.3 is 10.6 Å². The predicted molar refractivity (Wildman–Crippen MR) is 107 cm³/mol. The lowest BCUT2D eigenvalue weighted by Crippen LogP contribution is -2.18. The molecule has 0 aliphatic rings. The first-order valence-electron chi connectivity index (χ1n) is 7.55. The molecule has 0 heterocycles. The van der Waals surface area contributed by atoms with Gasteiger partial charge in [0.05, 0.1) is 21.6 Å². The summed E-state index contributed by atoms with van der Waals surface area (Å²) in [4.78, 5) is 23.9. The first-order valence-corrected chi connectivity index (χ1v) is 9.46. The third kappa shape index (κ3) is 6.27. The van der Waals surface area contributed by atoms with Crippen LogP contribution in [0.25, 0.3) is 0 Å². The Morgan fingerprint density at radius 2 is 1.60 bits per heavy atom. The minimum absolute atomic E-state index is 0.138. The van der Waals surface area contributed by atoms with Crippen LogP contribution in [0.3, 0.4) is 0 Å². The highest BCUT2D eigenvalue weighted by molar-refractivity contribution is 8.00. The van der Waals surface area contributed by atoms with Gasteiger partial charge in [-0.05, 0) is 49.2 Å². The third-order valence-electron chi connectivity index (χ3n) is 3.34. The monoisotopic (exact) mass is 396 g/mol. The normalized spacial score (nSPS) is 10.4. The lowest BCUT2D eigenvalue weighted by atomic mass is 10.1. The van der Waals surface area contributed by atoms with Crippen LogP contribution in [0.2, 0.25) is 10.0 Å². The van der Waals surface area contributed by atoms with E-state index >= 15 is 0 Å². The highest BCUT2D eigenvalue weighted by atomic mass is 35.5. The van der Waals surface area contributed by atoms with Gasteiger partial charge in [0, 0.05) is 11.4 Å². The summed E-state index contributed by atoms with van der Waals surface area (Å²) in [5.74, 6) is 0.0202. The summed E-state index contributed by atoms with van der Waals surface area (Å²) in [6.07, 6.45) is 0. The molecule has 0 aromatic heterocycles. The Labute approximate surface area is 161 Å². The average molecular weight is 397 g/mol. The Morgan fingerprint density at radius 3 is 2.28 bits per heavy atom. The number of thioether (sulfide) groups is 1. The zero-order chi connectivity index (χ0) is 18.4. The smallest absolute Gasteiger partial charge is 0.234 e. The SMILES string of the molecule is Cc1ccc(C)c(NC(=O)CSCC(=O)Nc2ccc(Cl)c(Cl)c2)c1. The topological polar surface area (TPSA) is 58.2 Å². The molecule has 2 aromatic rings. The highest BCUT2D eigenvalue weighted by Gasteiger charge is 2.09. The van der Waals surface area contributed by atoms with Crippen molar-refractivity contribution in [1.29, 1.82) is 0 Å². The summed E-state index contributed by atoms with van der Waals surface area (Å²) in [5, 5.41) is 6.38. The molecule has 4 nitrogen and oxygen atoms in total. The standard InChI is InChI=1S/C18H18Cl2N2O2S/c1-11-3-4-12(2)16(7-11)22-18(24)10-25-9-17(23)21-13-5-6-14(19)15(20)8-13/h3-8H,9-10H2,1-2H3,(H,21,23)(H,22,24). The Morgan fingerprint density at radius 1 is 0.920 bits per heavy atom. The maximum absolute atomic E-state index is 12.0. The zero-order valence-electron chi connectivity index (χ0n) is 13.9. The number of nitrogens with one attached hydrogen (secondary N) is 2. The van der Waals surface area contributed by atoms with Crippen LogP contribution >= 0.6 is 35.0 Å². The molecule has 0 saturated heterocycles. The lowest BCUT2D eigenvalue weighted by Gasteiger charge is -2.09. The van der Waals surface area contributed by atoms with Crippen molar-refractivity contribution in [2.45, 2.75) is 13.8 Å². The highest BCUT2D eigenvalue weighted by Crippen LogP contribution is 2.25. The second kappa shape index (κ2) is 9.13. The van der Waals surface area contributed by atoms with E-state index in [1.165, 1.54) is 11.8 Å². The summed E-state index contributed by atoms with van der Waals surface area (Å²) < 4.78 is 0. The minimum Gasteiger partial charge on any atom is -0.325 e. The molecular weight excluding hydrogens is 379 g/mol. The van der Waals surface area contributed by atoms with Gasteiger partial charge in [-0.15, -0.1) is 11.8 Å². The van der Waals surface area contributed by atoms with Crippen LogP contribution in [0.4, 0.5) is 11.4 Å². The van der Waals surface area contributed by atoms with Crippen molar-refractivity contribution in [2.75, 3.05) is 22.1 Å². The fraction of sp³-hybridized carbons (Fsp3) is 0.222. The molecule has 0 spiro atoms. The van der Waals surface area contributed by atoms with Crippen LogP contribution in [0.1, 0.15) is 11.1 Å². The Balaban J connectivity index is 1.77. The van der Waals surface area contributed by atoms with Crippen LogP contribution in [0, 0.1) is 13.8 Å². The van der Waals surface area contributed by atoms with Crippen molar-refractivity contribution >= 4 is 58.2 Å². The van der Waals surface area contributed by atoms with E-state index in [1.807, 2.05) is 32.0 Å². The van der Waals surface area contributed by atoms with E-state index in [4.69, 9.17) is 23.2 Å². The molecule has 0 saturated carbocycles. The number of carbonyl (C=O) groups excluding carboxylic acids is 2. The van der Waals surface area contributed by atoms with Crippen molar-refractivity contribution in [3.63, 3.8) is 0 Å². The molecule has 0 radical (unpaired) electrons. The maximum atomic E-state index is 12.0. The molecule has 2 amide bonds. The van der Waals surface area contributed by atoms with Crippen molar-refractivity contribution in [2.24, 2.45) is 0 Å². The lowest BCUT2D eigenvalue weighted by molar-refractivity contribution is -0.114. The molecule has 25 heavy (non-hydrogen) atoms. The number of amides is 2. The van der Waals surface area contributed by atoms with E-state index in [2.05, 4.69) is 10.6 Å². The third-order valence-corrected chi connectivity index (χ3v) is 5.01. The fourth-order valence-corrected chi connectivity index (χ4v) is 2.98. The van der Waals surface area contributed by atoms with Gasteiger partial charge in [0.15, 0.2) is 0 Å². The van der Waals surface area contributed by atoms with E-state index < -0.39 is 0 Å². The molecule has 0 unspecified atom stereocenters. The van der Waals surface area contributed by atoms with Crippen molar-refractivity contribution in [3.05, 3.63) is 57.6 Å². The Bertz CT molecular complexity index is 797. The molecule has 0 atom stereocenters. The van der Waals surface area contributed by atoms with E-state index in [9.17, 15) is 9.59 Å². The van der Waals surface area contributed by atoms with Crippen LogP contribution < -0.4 is 10.6 Å². The summed E-state index contributed by atoms with van der Waals surface area (Å²) in [7, 11) is 0. The molecular formula is C18H18Cl2N2O2S. The first-order chi connectivity index (χ1) is 11.8. The second-order valence-corrected chi connectivity index (χ2v) is 7.34. The molecule has 2 aromatic carbocycles. The van der Waals surface area contributed by atoms with Gasteiger partial charge in [-0.25, -0.2) is 0 Å². The molecule has 132 valence electrons. The summed E-state index contributed by atoms with van der Waals surface area (Å²) in [6.45, 7) is 3.91.